The van der Waals surface area contributed by atoms with Gasteiger partial charge in [-0.05, 0) is 0 Å². The number of rotatable bonds is 4. The summed E-state index contributed by atoms with van der Waals surface area (Å²) in [7, 11) is 3.56. The van der Waals surface area contributed by atoms with Crippen molar-refractivity contribution < 1.29 is 25.3 Å². The van der Waals surface area contributed by atoms with E-state index in [0.717, 1.165) is 0 Å². The van der Waals surface area contributed by atoms with Gasteiger partial charge in [-0.1, -0.05) is 5.16 Å². The van der Waals surface area contributed by atoms with Gasteiger partial charge >= 0.3 is 0 Å². The lowest BCUT2D eigenvalue weighted by molar-refractivity contribution is -0.0508. The molecule has 1 aliphatic heterocycles. The van der Waals surface area contributed by atoms with Crippen molar-refractivity contribution >= 4 is 22.7 Å². The Morgan fingerprint density at radius 1 is 1.36 bits per heavy atom. The Kier molecular flexibility index (Phi) is 4.47. The van der Waals surface area contributed by atoms with Crippen LogP contribution in [0.25, 0.3) is 11.0 Å². The summed E-state index contributed by atoms with van der Waals surface area (Å²) >= 11 is 0. The van der Waals surface area contributed by atoms with Gasteiger partial charge < -0.3 is 40.5 Å². The van der Waals surface area contributed by atoms with Gasteiger partial charge in [-0.15, -0.1) is 0 Å². The van der Waals surface area contributed by atoms with Crippen LogP contribution in [-0.2, 0) is 4.74 Å². The van der Waals surface area contributed by atoms with Crippen molar-refractivity contribution in [3.05, 3.63) is 18.1 Å². The van der Waals surface area contributed by atoms with E-state index in [1.807, 2.05) is 0 Å². The van der Waals surface area contributed by atoms with Crippen molar-refractivity contribution in [3.8, 4) is 0 Å². The van der Waals surface area contributed by atoms with Crippen molar-refractivity contribution in [2.45, 2.75) is 24.5 Å². The van der Waals surface area contributed by atoms with Gasteiger partial charge in [0.2, 0.25) is 0 Å². The number of aliphatic hydroxyl groups excluding tert-OH is 3. The van der Waals surface area contributed by atoms with Crippen LogP contribution in [0.15, 0.2) is 17.7 Å². The first kappa shape index (κ1) is 17.4. The lowest BCUT2D eigenvalue weighted by Crippen LogP contribution is -2.33. The van der Waals surface area contributed by atoms with Gasteiger partial charge in [-0.2, -0.15) is 0 Å². The molecule has 0 aromatic carbocycles. The first-order valence-corrected chi connectivity index (χ1v) is 7.53. The SMILES string of the molecule is CN(C)c1ncnc2c1c(/C(N)=N/O)cn2[C@@H]1O[C@H](CO)[C@@H](O)[C@H]1O. The second kappa shape index (κ2) is 6.44. The molecule has 11 nitrogen and oxygen atoms in total. The third-order valence-corrected chi connectivity index (χ3v) is 4.19. The Hall–Kier alpha value is -2.47. The molecule has 0 saturated carbocycles. The number of amidine groups is 1. The second-order valence-corrected chi connectivity index (χ2v) is 5.95. The molecule has 1 saturated heterocycles. The van der Waals surface area contributed by atoms with Gasteiger partial charge in [0.1, 0.15) is 36.1 Å². The molecule has 4 atom stereocenters. The molecule has 2 aromatic heterocycles. The van der Waals surface area contributed by atoms with Gasteiger partial charge in [0.05, 0.1) is 17.6 Å². The Labute approximate surface area is 142 Å². The van der Waals surface area contributed by atoms with E-state index in [1.165, 1.54) is 17.1 Å². The molecule has 3 rings (SSSR count). The fourth-order valence-electron chi connectivity index (χ4n) is 2.96. The zero-order valence-corrected chi connectivity index (χ0v) is 13.7. The Balaban J connectivity index is 2.22. The molecule has 2 aromatic rings. The number of hydrogen-bond donors (Lipinski definition) is 5. The summed E-state index contributed by atoms with van der Waals surface area (Å²) < 4.78 is 7.03. The van der Waals surface area contributed by atoms with Crippen LogP contribution >= 0.6 is 0 Å². The standard InChI is InChI=1S/C14H20N6O5/c1-19(2)12-8-6(11(15)18-24)3-20(13(8)17-5-16-12)14-10(23)9(22)7(4-21)25-14/h3,5,7,9-10,14,21-24H,4H2,1-2H3,(H2,15,18)/t7-,9-,10-,14-/m1/s1. The van der Waals surface area contributed by atoms with E-state index in [0.29, 0.717) is 22.4 Å². The molecule has 11 heteroatoms. The van der Waals surface area contributed by atoms with E-state index >= 15 is 0 Å². The highest BCUT2D eigenvalue weighted by Crippen LogP contribution is 2.35. The summed E-state index contributed by atoms with van der Waals surface area (Å²) in [4.78, 5) is 10.2. The van der Waals surface area contributed by atoms with E-state index < -0.39 is 31.1 Å². The fourth-order valence-corrected chi connectivity index (χ4v) is 2.96. The van der Waals surface area contributed by atoms with Gasteiger partial charge in [0.25, 0.3) is 0 Å². The predicted molar refractivity (Wildman–Crippen MR) is 87.4 cm³/mol. The molecular weight excluding hydrogens is 332 g/mol. The number of aromatic nitrogens is 3. The Morgan fingerprint density at radius 2 is 2.08 bits per heavy atom. The number of oxime groups is 1. The molecule has 1 fully saturated rings. The fraction of sp³-hybridized carbons (Fsp3) is 0.500. The lowest BCUT2D eigenvalue weighted by atomic mass is 10.1. The highest BCUT2D eigenvalue weighted by molar-refractivity contribution is 6.11. The van der Waals surface area contributed by atoms with E-state index in [-0.39, 0.29) is 5.84 Å². The molecule has 0 amide bonds. The summed E-state index contributed by atoms with van der Waals surface area (Å²) in [5, 5.41) is 42.1. The average Bonchev–Trinajstić information content (AvgIpc) is 3.12. The average molecular weight is 352 g/mol. The smallest absolute Gasteiger partial charge is 0.172 e. The molecular formula is C14H20N6O5. The number of hydrogen-bond acceptors (Lipinski definition) is 9. The van der Waals surface area contributed by atoms with E-state index in [1.54, 1.807) is 19.0 Å². The third kappa shape index (κ3) is 2.66. The monoisotopic (exact) mass is 352 g/mol. The normalized spacial score (nSPS) is 27.2. The van der Waals surface area contributed by atoms with Crippen molar-refractivity contribution in [1.82, 2.24) is 14.5 Å². The number of nitrogens with zero attached hydrogens (tertiary/aromatic N) is 5. The molecule has 6 N–H and O–H groups in total. The van der Waals surface area contributed by atoms with Crippen LogP contribution < -0.4 is 10.6 Å². The second-order valence-electron chi connectivity index (χ2n) is 5.95. The molecule has 25 heavy (non-hydrogen) atoms. The first-order chi connectivity index (χ1) is 11.9. The zero-order valence-electron chi connectivity index (χ0n) is 13.7. The van der Waals surface area contributed by atoms with E-state index in [2.05, 4.69) is 15.1 Å². The van der Waals surface area contributed by atoms with Crippen LogP contribution in [-0.4, -0.2) is 79.9 Å². The van der Waals surface area contributed by atoms with Crippen LogP contribution in [0.3, 0.4) is 0 Å². The van der Waals surface area contributed by atoms with Crippen LogP contribution in [0, 0.1) is 0 Å². The highest BCUT2D eigenvalue weighted by Gasteiger charge is 2.44. The lowest BCUT2D eigenvalue weighted by Gasteiger charge is -2.18. The molecule has 1 aliphatic rings. The number of ether oxygens (including phenoxy) is 1. The first-order valence-electron chi connectivity index (χ1n) is 7.53. The molecule has 3 heterocycles. The maximum absolute atomic E-state index is 10.3. The maximum Gasteiger partial charge on any atom is 0.172 e. The molecule has 0 aliphatic carbocycles. The van der Waals surface area contributed by atoms with Crippen molar-refractivity contribution in [2.24, 2.45) is 10.9 Å². The number of nitrogens with two attached hydrogens (primary N) is 1. The number of anilines is 1. The van der Waals surface area contributed by atoms with E-state index in [4.69, 9.17) is 15.7 Å². The van der Waals surface area contributed by atoms with Crippen molar-refractivity contribution in [3.63, 3.8) is 0 Å². The van der Waals surface area contributed by atoms with E-state index in [9.17, 15) is 15.3 Å². The Morgan fingerprint density at radius 3 is 2.64 bits per heavy atom. The van der Waals surface area contributed by atoms with Gasteiger partial charge in [0, 0.05) is 20.3 Å². The largest absolute Gasteiger partial charge is 0.409 e. The van der Waals surface area contributed by atoms with Crippen molar-refractivity contribution in [2.75, 3.05) is 25.6 Å². The maximum atomic E-state index is 10.3. The van der Waals surface area contributed by atoms with Crippen LogP contribution in [0.1, 0.15) is 11.8 Å². The minimum atomic E-state index is -1.29. The number of fused-ring (bicyclic) bond motifs is 1. The van der Waals surface area contributed by atoms with Crippen molar-refractivity contribution in [1.29, 1.82) is 0 Å². The third-order valence-electron chi connectivity index (χ3n) is 4.19. The van der Waals surface area contributed by atoms with Gasteiger partial charge in [-0.3, -0.25) is 0 Å². The molecule has 136 valence electrons. The Bertz CT molecular complexity index is 806. The molecule has 0 radical (unpaired) electrons. The minimum Gasteiger partial charge on any atom is -0.409 e. The summed E-state index contributed by atoms with van der Waals surface area (Å²) in [6.07, 6.45) is -1.63. The summed E-state index contributed by atoms with van der Waals surface area (Å²) in [6, 6.07) is 0. The van der Waals surface area contributed by atoms with Crippen LogP contribution in [0.2, 0.25) is 0 Å². The van der Waals surface area contributed by atoms with Crippen LogP contribution in [0.4, 0.5) is 5.82 Å². The molecule has 0 spiro atoms. The number of aliphatic hydroxyl groups is 3. The zero-order chi connectivity index (χ0) is 18.3. The summed E-state index contributed by atoms with van der Waals surface area (Å²) in [5.74, 6) is 0.366. The quantitative estimate of drug-likeness (QED) is 0.185. The topological polar surface area (TPSA) is 162 Å². The molecule has 0 unspecified atom stereocenters. The summed E-state index contributed by atoms with van der Waals surface area (Å²) in [5.41, 5.74) is 6.49. The van der Waals surface area contributed by atoms with Gasteiger partial charge in [-0.25, -0.2) is 9.97 Å². The summed E-state index contributed by atoms with van der Waals surface area (Å²) in [6.45, 7) is -0.445. The predicted octanol–water partition coefficient (Wildman–Crippen LogP) is -1.80. The minimum absolute atomic E-state index is 0.159. The van der Waals surface area contributed by atoms with Gasteiger partial charge in [0.15, 0.2) is 12.1 Å². The van der Waals surface area contributed by atoms with Crippen LogP contribution in [0.5, 0.6) is 0 Å². The highest BCUT2D eigenvalue weighted by atomic mass is 16.6. The molecule has 0 bridgehead atoms.